The van der Waals surface area contributed by atoms with Crippen LogP contribution in [0.2, 0.25) is 0 Å². The molecule has 1 aliphatic heterocycles. The van der Waals surface area contributed by atoms with E-state index in [0.717, 1.165) is 25.7 Å². The number of nitrogens with one attached hydrogen (secondary N) is 1. The standard InChI is InChI=1S/C16H22N2O2S/c1-15(2,12-6-5-9-21-12)11-18-10-13(19)17-16(14(18)20)7-3-4-8-16/h5-6,9H,3-4,7-8,10-11H2,1-2H3,(H,17,19). The van der Waals surface area contributed by atoms with Crippen LogP contribution in [-0.4, -0.2) is 35.3 Å². The van der Waals surface area contributed by atoms with Gasteiger partial charge in [-0.15, -0.1) is 11.3 Å². The Morgan fingerprint density at radius 1 is 1.33 bits per heavy atom. The van der Waals surface area contributed by atoms with Crippen molar-refractivity contribution in [3.05, 3.63) is 22.4 Å². The molecule has 2 fully saturated rings. The van der Waals surface area contributed by atoms with Crippen molar-refractivity contribution in [1.29, 1.82) is 0 Å². The fourth-order valence-corrected chi connectivity index (χ4v) is 4.42. The van der Waals surface area contributed by atoms with Gasteiger partial charge < -0.3 is 10.2 Å². The highest BCUT2D eigenvalue weighted by molar-refractivity contribution is 7.10. The average molecular weight is 306 g/mol. The molecule has 2 amide bonds. The van der Waals surface area contributed by atoms with Gasteiger partial charge in [-0.2, -0.15) is 0 Å². The molecule has 1 aliphatic carbocycles. The quantitative estimate of drug-likeness (QED) is 0.931. The molecule has 0 radical (unpaired) electrons. The molecule has 1 spiro atoms. The lowest BCUT2D eigenvalue weighted by atomic mass is 9.87. The Bertz CT molecular complexity index is 545. The first-order valence-corrected chi connectivity index (χ1v) is 8.45. The number of hydrogen-bond donors (Lipinski definition) is 1. The van der Waals surface area contributed by atoms with E-state index in [0.29, 0.717) is 6.54 Å². The second-order valence-corrected chi connectivity index (χ2v) is 7.81. The third kappa shape index (κ3) is 2.59. The van der Waals surface area contributed by atoms with Crippen LogP contribution >= 0.6 is 11.3 Å². The number of hydrogen-bond acceptors (Lipinski definition) is 3. The van der Waals surface area contributed by atoms with E-state index in [9.17, 15) is 9.59 Å². The van der Waals surface area contributed by atoms with Crippen LogP contribution in [0, 0.1) is 0 Å². The second-order valence-electron chi connectivity index (χ2n) is 6.86. The molecule has 5 heteroatoms. The lowest BCUT2D eigenvalue weighted by Crippen LogP contribution is -2.66. The van der Waals surface area contributed by atoms with Crippen molar-refractivity contribution in [3.8, 4) is 0 Å². The summed E-state index contributed by atoms with van der Waals surface area (Å²) in [4.78, 5) is 27.9. The zero-order valence-corrected chi connectivity index (χ0v) is 13.5. The molecule has 1 N–H and O–H groups in total. The number of piperazine rings is 1. The van der Waals surface area contributed by atoms with Crippen LogP contribution in [0.5, 0.6) is 0 Å². The number of carbonyl (C=O) groups excluding carboxylic acids is 2. The van der Waals surface area contributed by atoms with Crippen molar-refractivity contribution in [2.75, 3.05) is 13.1 Å². The Balaban J connectivity index is 1.81. The zero-order valence-electron chi connectivity index (χ0n) is 12.6. The van der Waals surface area contributed by atoms with Gasteiger partial charge in [0.15, 0.2) is 0 Å². The largest absolute Gasteiger partial charge is 0.340 e. The molecule has 0 atom stereocenters. The molecule has 0 aromatic carbocycles. The zero-order chi connectivity index (χ0) is 15.1. The maximum Gasteiger partial charge on any atom is 0.248 e. The van der Waals surface area contributed by atoms with E-state index >= 15 is 0 Å². The summed E-state index contributed by atoms with van der Waals surface area (Å²) in [6.45, 7) is 5.07. The minimum Gasteiger partial charge on any atom is -0.340 e. The molecule has 1 saturated heterocycles. The summed E-state index contributed by atoms with van der Waals surface area (Å²) >= 11 is 1.71. The summed E-state index contributed by atoms with van der Waals surface area (Å²) < 4.78 is 0. The molecular weight excluding hydrogens is 284 g/mol. The van der Waals surface area contributed by atoms with Crippen molar-refractivity contribution in [2.24, 2.45) is 0 Å². The van der Waals surface area contributed by atoms with Gasteiger partial charge >= 0.3 is 0 Å². The van der Waals surface area contributed by atoms with Gasteiger partial charge in [0.05, 0.1) is 6.54 Å². The normalized spacial score (nSPS) is 21.9. The van der Waals surface area contributed by atoms with Crippen LogP contribution in [0.4, 0.5) is 0 Å². The molecular formula is C16H22N2O2S. The first-order valence-electron chi connectivity index (χ1n) is 7.57. The second kappa shape index (κ2) is 5.13. The predicted octanol–water partition coefficient (Wildman–Crippen LogP) is 2.30. The first-order chi connectivity index (χ1) is 9.93. The van der Waals surface area contributed by atoms with E-state index in [-0.39, 0.29) is 23.8 Å². The lowest BCUT2D eigenvalue weighted by molar-refractivity contribution is -0.150. The number of amides is 2. The summed E-state index contributed by atoms with van der Waals surface area (Å²) in [7, 11) is 0. The highest BCUT2D eigenvalue weighted by atomic mass is 32.1. The minimum atomic E-state index is -0.610. The fourth-order valence-electron chi connectivity index (χ4n) is 3.57. The van der Waals surface area contributed by atoms with Gasteiger partial charge in [0.1, 0.15) is 5.54 Å². The van der Waals surface area contributed by atoms with Crippen LogP contribution in [0.15, 0.2) is 17.5 Å². The Kier molecular flexibility index (Phi) is 3.56. The molecule has 0 unspecified atom stereocenters. The van der Waals surface area contributed by atoms with E-state index in [2.05, 4.69) is 30.6 Å². The molecule has 4 nitrogen and oxygen atoms in total. The van der Waals surface area contributed by atoms with E-state index in [4.69, 9.17) is 0 Å². The molecule has 114 valence electrons. The van der Waals surface area contributed by atoms with Crippen molar-refractivity contribution >= 4 is 23.2 Å². The van der Waals surface area contributed by atoms with Crippen molar-refractivity contribution in [2.45, 2.75) is 50.5 Å². The average Bonchev–Trinajstić information content (AvgIpc) is 3.07. The van der Waals surface area contributed by atoms with Crippen LogP contribution in [0.3, 0.4) is 0 Å². The van der Waals surface area contributed by atoms with Gasteiger partial charge in [-0.3, -0.25) is 9.59 Å². The molecule has 0 bridgehead atoms. The Morgan fingerprint density at radius 2 is 2.05 bits per heavy atom. The van der Waals surface area contributed by atoms with Gasteiger partial charge in [0.2, 0.25) is 11.8 Å². The number of nitrogens with zero attached hydrogens (tertiary/aromatic N) is 1. The summed E-state index contributed by atoms with van der Waals surface area (Å²) in [5.41, 5.74) is -0.734. The van der Waals surface area contributed by atoms with Gasteiger partial charge in [-0.25, -0.2) is 0 Å². The maximum atomic E-state index is 12.9. The van der Waals surface area contributed by atoms with E-state index < -0.39 is 5.54 Å². The van der Waals surface area contributed by atoms with Gasteiger partial charge in [0.25, 0.3) is 0 Å². The predicted molar refractivity (Wildman–Crippen MR) is 83.3 cm³/mol. The summed E-state index contributed by atoms with van der Waals surface area (Å²) in [6.07, 6.45) is 3.61. The molecule has 1 saturated carbocycles. The first kappa shape index (κ1) is 14.6. The number of carbonyl (C=O) groups is 2. The third-order valence-electron chi connectivity index (χ3n) is 4.64. The van der Waals surface area contributed by atoms with E-state index in [1.165, 1.54) is 4.88 Å². The third-order valence-corrected chi connectivity index (χ3v) is 5.88. The maximum absolute atomic E-state index is 12.9. The van der Waals surface area contributed by atoms with Gasteiger partial charge in [-0.05, 0) is 24.3 Å². The monoisotopic (exact) mass is 306 g/mol. The molecule has 21 heavy (non-hydrogen) atoms. The molecule has 1 aromatic rings. The molecule has 1 aromatic heterocycles. The highest BCUT2D eigenvalue weighted by Crippen LogP contribution is 2.35. The van der Waals surface area contributed by atoms with Crippen LogP contribution in [0.25, 0.3) is 0 Å². The Morgan fingerprint density at radius 3 is 2.67 bits per heavy atom. The lowest BCUT2D eigenvalue weighted by Gasteiger charge is -2.42. The molecule has 3 rings (SSSR count). The van der Waals surface area contributed by atoms with Crippen LogP contribution in [0.1, 0.15) is 44.4 Å². The Labute approximate surface area is 129 Å². The number of rotatable bonds is 3. The smallest absolute Gasteiger partial charge is 0.248 e. The van der Waals surface area contributed by atoms with E-state index in [1.54, 1.807) is 16.2 Å². The molecule has 2 heterocycles. The van der Waals surface area contributed by atoms with E-state index in [1.807, 2.05) is 6.07 Å². The summed E-state index contributed by atoms with van der Waals surface area (Å²) in [6, 6.07) is 4.13. The Hall–Kier alpha value is -1.36. The van der Waals surface area contributed by atoms with Gasteiger partial charge in [0, 0.05) is 16.8 Å². The molecule has 2 aliphatic rings. The topological polar surface area (TPSA) is 49.4 Å². The van der Waals surface area contributed by atoms with Crippen molar-refractivity contribution in [1.82, 2.24) is 10.2 Å². The van der Waals surface area contributed by atoms with Crippen LogP contribution in [-0.2, 0) is 15.0 Å². The van der Waals surface area contributed by atoms with Crippen molar-refractivity contribution < 1.29 is 9.59 Å². The highest BCUT2D eigenvalue weighted by Gasteiger charge is 2.49. The minimum absolute atomic E-state index is 0.0153. The van der Waals surface area contributed by atoms with Crippen LogP contribution < -0.4 is 5.32 Å². The van der Waals surface area contributed by atoms with Crippen molar-refractivity contribution in [3.63, 3.8) is 0 Å². The SMILES string of the molecule is CC(C)(CN1CC(=O)NC2(CCCC2)C1=O)c1cccs1. The number of thiophene rings is 1. The fraction of sp³-hybridized carbons (Fsp3) is 0.625. The summed E-state index contributed by atoms with van der Waals surface area (Å²) in [5.74, 6) is 0.0997. The van der Waals surface area contributed by atoms with Gasteiger partial charge in [-0.1, -0.05) is 32.8 Å². The summed E-state index contributed by atoms with van der Waals surface area (Å²) in [5, 5.41) is 5.02.